The van der Waals surface area contributed by atoms with Gasteiger partial charge in [0.25, 0.3) is 5.16 Å². The standard InChI is InChI=1S/C19H20N4O8S/c1-5-10(2)15(18(24)25)31-17-14(23(26)27)16(21-19(22-17)32(4,28)29)30-13-7-6-12(9-20)11(3)8-13/h6-8,10,15H,5H2,1-4H3,(H,24,25). The monoisotopic (exact) mass is 464 g/mol. The molecule has 1 N–H and O–H groups in total. The Morgan fingerprint density at radius 3 is 2.44 bits per heavy atom. The third-order valence-corrected chi connectivity index (χ3v) is 5.34. The van der Waals surface area contributed by atoms with Gasteiger partial charge in [-0.1, -0.05) is 13.8 Å². The van der Waals surface area contributed by atoms with Crippen molar-refractivity contribution in [3.63, 3.8) is 0 Å². The summed E-state index contributed by atoms with van der Waals surface area (Å²) in [5.41, 5.74) is -0.0913. The molecule has 0 saturated heterocycles. The maximum Gasteiger partial charge on any atom is 0.392 e. The molecule has 0 radical (unpaired) electrons. The molecule has 1 aromatic carbocycles. The Balaban J connectivity index is 2.71. The molecule has 13 heteroatoms. The predicted molar refractivity (Wildman–Crippen MR) is 109 cm³/mol. The van der Waals surface area contributed by atoms with Gasteiger partial charge in [-0.3, -0.25) is 10.1 Å². The highest BCUT2D eigenvalue weighted by molar-refractivity contribution is 7.90. The molecule has 2 aromatic rings. The Morgan fingerprint density at radius 1 is 1.34 bits per heavy atom. The van der Waals surface area contributed by atoms with Gasteiger partial charge in [0.2, 0.25) is 9.84 Å². The molecule has 32 heavy (non-hydrogen) atoms. The normalized spacial score (nSPS) is 13.0. The molecule has 0 aliphatic rings. The van der Waals surface area contributed by atoms with Gasteiger partial charge in [0.05, 0.1) is 16.6 Å². The summed E-state index contributed by atoms with van der Waals surface area (Å²) < 4.78 is 34.9. The third-order valence-electron chi connectivity index (χ3n) is 4.49. The molecule has 1 aromatic heterocycles. The minimum atomic E-state index is -4.08. The molecule has 2 unspecified atom stereocenters. The summed E-state index contributed by atoms with van der Waals surface area (Å²) in [6, 6.07) is 6.12. The van der Waals surface area contributed by atoms with E-state index in [1.54, 1.807) is 20.8 Å². The average Bonchev–Trinajstić information content (AvgIpc) is 2.70. The van der Waals surface area contributed by atoms with Crippen LogP contribution in [0.5, 0.6) is 17.5 Å². The quantitative estimate of drug-likeness (QED) is 0.327. The third kappa shape index (κ3) is 5.46. The molecular formula is C19H20N4O8S. The number of ether oxygens (including phenoxy) is 2. The van der Waals surface area contributed by atoms with Crippen molar-refractivity contribution < 1.29 is 32.7 Å². The van der Waals surface area contributed by atoms with Gasteiger partial charge >= 0.3 is 23.4 Å². The van der Waals surface area contributed by atoms with E-state index in [1.807, 2.05) is 6.07 Å². The zero-order valence-corrected chi connectivity index (χ0v) is 18.4. The zero-order chi connectivity index (χ0) is 24.2. The van der Waals surface area contributed by atoms with Crippen LogP contribution in [-0.4, -0.2) is 46.7 Å². The van der Waals surface area contributed by atoms with Crippen LogP contribution in [0.15, 0.2) is 23.4 Å². The van der Waals surface area contributed by atoms with E-state index in [0.717, 1.165) is 6.26 Å². The number of aliphatic carboxylic acids is 1. The van der Waals surface area contributed by atoms with Crippen LogP contribution in [0.2, 0.25) is 0 Å². The number of benzene rings is 1. The number of carboxylic acids is 1. The molecule has 0 aliphatic carbocycles. The lowest BCUT2D eigenvalue weighted by molar-refractivity contribution is -0.387. The lowest BCUT2D eigenvalue weighted by Gasteiger charge is -2.20. The average molecular weight is 464 g/mol. The SMILES string of the molecule is CCC(C)C(Oc1nc(S(C)(=O)=O)nc(Oc2ccc(C#N)c(C)c2)c1[N+](=O)[O-])C(=O)O. The van der Waals surface area contributed by atoms with Crippen LogP contribution >= 0.6 is 0 Å². The van der Waals surface area contributed by atoms with Gasteiger partial charge in [0, 0.05) is 12.2 Å². The number of nitrogens with zero attached hydrogens (tertiary/aromatic N) is 4. The van der Waals surface area contributed by atoms with Crippen molar-refractivity contribution in [2.24, 2.45) is 5.92 Å². The topological polar surface area (TPSA) is 183 Å². The summed E-state index contributed by atoms with van der Waals surface area (Å²) >= 11 is 0. The first kappa shape index (κ1) is 24.5. The maximum absolute atomic E-state index is 12.1. The number of aryl methyl sites for hydroxylation is 1. The van der Waals surface area contributed by atoms with Gasteiger partial charge in [-0.05, 0) is 37.1 Å². The van der Waals surface area contributed by atoms with E-state index in [2.05, 4.69) is 9.97 Å². The minimum Gasteiger partial charge on any atom is -0.478 e. The van der Waals surface area contributed by atoms with E-state index >= 15 is 0 Å². The number of hydrogen-bond acceptors (Lipinski definition) is 10. The fraction of sp³-hybridized carbons (Fsp3) is 0.368. The van der Waals surface area contributed by atoms with Crippen LogP contribution in [0.1, 0.15) is 31.4 Å². The minimum absolute atomic E-state index is 0.0328. The number of nitro groups is 1. The Kier molecular flexibility index (Phi) is 7.32. The largest absolute Gasteiger partial charge is 0.478 e. The molecule has 12 nitrogen and oxygen atoms in total. The van der Waals surface area contributed by atoms with E-state index in [-0.39, 0.29) is 5.75 Å². The van der Waals surface area contributed by atoms with Crippen LogP contribution in [0.25, 0.3) is 0 Å². The number of carbonyl (C=O) groups is 1. The first-order valence-corrected chi connectivity index (χ1v) is 11.1. The zero-order valence-electron chi connectivity index (χ0n) is 17.6. The van der Waals surface area contributed by atoms with Crippen molar-refractivity contribution in [2.75, 3.05) is 6.26 Å². The Hall–Kier alpha value is -3.79. The highest BCUT2D eigenvalue weighted by Gasteiger charge is 2.35. The van der Waals surface area contributed by atoms with E-state index < -0.39 is 55.4 Å². The molecule has 0 fully saturated rings. The van der Waals surface area contributed by atoms with Crippen molar-refractivity contribution in [3.05, 3.63) is 39.4 Å². The van der Waals surface area contributed by atoms with Gasteiger partial charge in [-0.25, -0.2) is 13.2 Å². The molecular weight excluding hydrogens is 444 g/mol. The van der Waals surface area contributed by atoms with Gasteiger partial charge in [0.1, 0.15) is 5.75 Å². The predicted octanol–water partition coefficient (Wildman–Crippen LogP) is 2.64. The van der Waals surface area contributed by atoms with E-state index in [4.69, 9.17) is 14.7 Å². The fourth-order valence-corrected chi connectivity index (χ4v) is 3.05. The number of rotatable bonds is 9. The summed E-state index contributed by atoms with van der Waals surface area (Å²) in [6.45, 7) is 4.86. The smallest absolute Gasteiger partial charge is 0.392 e. The molecule has 0 saturated carbocycles. The van der Waals surface area contributed by atoms with Crippen LogP contribution < -0.4 is 9.47 Å². The summed E-state index contributed by atoms with van der Waals surface area (Å²) in [5, 5.41) is 29.4. The second kappa shape index (κ2) is 9.56. The highest BCUT2D eigenvalue weighted by atomic mass is 32.2. The van der Waals surface area contributed by atoms with Crippen molar-refractivity contribution in [1.82, 2.24) is 9.97 Å². The summed E-state index contributed by atoms with van der Waals surface area (Å²) in [5.74, 6) is -3.55. The summed E-state index contributed by atoms with van der Waals surface area (Å²) in [6.07, 6.45) is -0.398. The molecule has 0 amide bonds. The van der Waals surface area contributed by atoms with Crippen molar-refractivity contribution >= 4 is 21.5 Å². The van der Waals surface area contributed by atoms with Crippen LogP contribution in [0.4, 0.5) is 5.69 Å². The molecule has 170 valence electrons. The van der Waals surface area contributed by atoms with Gasteiger partial charge in [-0.15, -0.1) is 0 Å². The first-order chi connectivity index (χ1) is 14.9. The molecule has 0 bridgehead atoms. The lowest BCUT2D eigenvalue weighted by Crippen LogP contribution is -2.34. The molecule has 2 atom stereocenters. The van der Waals surface area contributed by atoms with Crippen molar-refractivity contribution in [2.45, 2.75) is 38.5 Å². The van der Waals surface area contributed by atoms with Crippen LogP contribution in [-0.2, 0) is 14.6 Å². The molecule has 0 spiro atoms. The fourth-order valence-electron chi connectivity index (χ4n) is 2.55. The van der Waals surface area contributed by atoms with Crippen molar-refractivity contribution in [3.8, 4) is 23.6 Å². The second-order valence-corrected chi connectivity index (χ2v) is 8.86. The van der Waals surface area contributed by atoms with E-state index in [9.17, 15) is 28.4 Å². The van der Waals surface area contributed by atoms with Gasteiger partial charge in [0.15, 0.2) is 6.10 Å². The lowest BCUT2D eigenvalue weighted by atomic mass is 10.0. The first-order valence-electron chi connectivity index (χ1n) is 9.23. The van der Waals surface area contributed by atoms with Crippen LogP contribution in [0.3, 0.4) is 0 Å². The highest BCUT2D eigenvalue weighted by Crippen LogP contribution is 2.38. The summed E-state index contributed by atoms with van der Waals surface area (Å²) in [4.78, 5) is 29.7. The van der Waals surface area contributed by atoms with Gasteiger partial charge < -0.3 is 14.6 Å². The summed E-state index contributed by atoms with van der Waals surface area (Å²) in [7, 11) is -4.08. The number of nitriles is 1. The second-order valence-electron chi connectivity index (χ2n) is 6.95. The Labute approximate surface area is 183 Å². The van der Waals surface area contributed by atoms with Crippen LogP contribution in [0, 0.1) is 34.3 Å². The van der Waals surface area contributed by atoms with Gasteiger partial charge in [-0.2, -0.15) is 15.2 Å². The number of sulfone groups is 1. The maximum atomic E-state index is 12.1. The number of carboxylic acid groups (broad SMARTS) is 1. The molecule has 0 aliphatic heterocycles. The Morgan fingerprint density at radius 2 is 1.97 bits per heavy atom. The van der Waals surface area contributed by atoms with Crippen molar-refractivity contribution in [1.29, 1.82) is 5.26 Å². The molecule has 2 rings (SSSR count). The van der Waals surface area contributed by atoms with E-state index in [0.29, 0.717) is 17.5 Å². The number of hydrogen-bond donors (Lipinski definition) is 1. The molecule has 1 heterocycles. The Bertz CT molecular complexity index is 1210. The van der Waals surface area contributed by atoms with E-state index in [1.165, 1.54) is 18.2 Å². The number of aromatic nitrogens is 2.